The summed E-state index contributed by atoms with van der Waals surface area (Å²) in [7, 11) is 0. The van der Waals surface area contributed by atoms with Gasteiger partial charge in [-0.1, -0.05) is 13.0 Å². The Labute approximate surface area is 117 Å². The second-order valence-corrected chi connectivity index (χ2v) is 4.01. The van der Waals surface area contributed by atoms with E-state index in [1.54, 1.807) is 0 Å². The first-order valence-electron chi connectivity index (χ1n) is 6.49. The van der Waals surface area contributed by atoms with Crippen LogP contribution >= 0.6 is 0 Å². The third-order valence-electron chi connectivity index (χ3n) is 2.73. The summed E-state index contributed by atoms with van der Waals surface area (Å²) in [5.41, 5.74) is 3.38. The van der Waals surface area contributed by atoms with Gasteiger partial charge in [-0.15, -0.1) is 0 Å². The molecule has 1 aromatic heterocycles. The number of nitrogens with one attached hydrogen (secondary N) is 1. The van der Waals surface area contributed by atoms with Gasteiger partial charge in [0.15, 0.2) is 0 Å². The normalized spacial score (nSPS) is 10.2. The molecule has 6 nitrogen and oxygen atoms in total. The molecule has 0 unspecified atom stereocenters. The average molecular weight is 274 g/mol. The van der Waals surface area contributed by atoms with Crippen molar-refractivity contribution in [2.75, 3.05) is 12.0 Å². The molecule has 0 aliphatic rings. The highest BCUT2D eigenvalue weighted by Crippen LogP contribution is 2.28. The van der Waals surface area contributed by atoms with Crippen LogP contribution in [0.2, 0.25) is 0 Å². The van der Waals surface area contributed by atoms with Crippen LogP contribution in [0.1, 0.15) is 19.4 Å². The summed E-state index contributed by atoms with van der Waals surface area (Å²) < 4.78 is 11.2. The third-order valence-corrected chi connectivity index (χ3v) is 2.73. The molecule has 1 aromatic carbocycles. The van der Waals surface area contributed by atoms with Gasteiger partial charge in [0, 0.05) is 6.07 Å². The predicted molar refractivity (Wildman–Crippen MR) is 76.9 cm³/mol. The molecule has 0 spiro atoms. The van der Waals surface area contributed by atoms with Crippen molar-refractivity contribution in [2.45, 2.75) is 20.3 Å². The number of rotatable bonds is 6. The molecule has 2 rings (SSSR count). The van der Waals surface area contributed by atoms with Crippen LogP contribution in [0.5, 0.6) is 17.4 Å². The van der Waals surface area contributed by atoms with Gasteiger partial charge in [-0.05, 0) is 25.5 Å². The summed E-state index contributed by atoms with van der Waals surface area (Å²) in [6.45, 7) is 4.54. The fourth-order valence-electron chi connectivity index (χ4n) is 1.83. The Morgan fingerprint density at radius 2 is 2.00 bits per heavy atom. The molecule has 106 valence electrons. The van der Waals surface area contributed by atoms with Crippen molar-refractivity contribution in [1.29, 1.82) is 0 Å². The van der Waals surface area contributed by atoms with Gasteiger partial charge >= 0.3 is 0 Å². The first-order valence-corrected chi connectivity index (χ1v) is 6.49. The van der Waals surface area contributed by atoms with Crippen LogP contribution in [0.3, 0.4) is 0 Å². The molecule has 0 amide bonds. The molecule has 6 heteroatoms. The van der Waals surface area contributed by atoms with Gasteiger partial charge in [0.05, 0.1) is 12.2 Å². The van der Waals surface area contributed by atoms with E-state index in [9.17, 15) is 0 Å². The average Bonchev–Trinajstić information content (AvgIpc) is 2.47. The van der Waals surface area contributed by atoms with E-state index in [2.05, 4.69) is 15.4 Å². The smallest absolute Gasteiger partial charge is 0.227 e. The molecule has 0 saturated carbocycles. The van der Waals surface area contributed by atoms with Crippen molar-refractivity contribution < 1.29 is 9.47 Å². The van der Waals surface area contributed by atoms with Crippen molar-refractivity contribution in [1.82, 2.24) is 9.97 Å². The number of nitrogen functional groups attached to an aromatic ring is 1. The summed E-state index contributed by atoms with van der Waals surface area (Å²) in [5.74, 6) is 7.91. The number of nitrogens with zero attached hydrogens (tertiary/aromatic N) is 2. The SMILES string of the molecule is CCOc1cccc(Oc2ncnc(NN)c2CC)c1. The van der Waals surface area contributed by atoms with Crippen molar-refractivity contribution in [3.63, 3.8) is 0 Å². The number of nitrogens with two attached hydrogens (primary N) is 1. The van der Waals surface area contributed by atoms with Crippen molar-refractivity contribution in [3.8, 4) is 17.4 Å². The largest absolute Gasteiger partial charge is 0.494 e. The maximum absolute atomic E-state index is 5.80. The molecule has 0 bridgehead atoms. The summed E-state index contributed by atoms with van der Waals surface area (Å²) in [6, 6.07) is 7.42. The molecule has 0 aliphatic heterocycles. The van der Waals surface area contributed by atoms with Crippen LogP contribution in [-0.4, -0.2) is 16.6 Å². The zero-order valence-corrected chi connectivity index (χ0v) is 11.6. The van der Waals surface area contributed by atoms with E-state index in [4.69, 9.17) is 15.3 Å². The number of hydrogen-bond acceptors (Lipinski definition) is 6. The van der Waals surface area contributed by atoms with Crippen LogP contribution in [0.25, 0.3) is 0 Å². The summed E-state index contributed by atoms with van der Waals surface area (Å²) in [6.07, 6.45) is 2.12. The van der Waals surface area contributed by atoms with Crippen LogP contribution in [-0.2, 0) is 6.42 Å². The summed E-state index contributed by atoms with van der Waals surface area (Å²) >= 11 is 0. The van der Waals surface area contributed by atoms with Gasteiger partial charge in [-0.2, -0.15) is 0 Å². The number of aromatic nitrogens is 2. The monoisotopic (exact) mass is 274 g/mol. The van der Waals surface area contributed by atoms with Gasteiger partial charge in [-0.25, -0.2) is 15.8 Å². The van der Waals surface area contributed by atoms with Crippen LogP contribution in [0.15, 0.2) is 30.6 Å². The minimum Gasteiger partial charge on any atom is -0.494 e. The van der Waals surface area contributed by atoms with Gasteiger partial charge in [0.2, 0.25) is 5.88 Å². The maximum Gasteiger partial charge on any atom is 0.227 e. The minimum atomic E-state index is 0.490. The Balaban J connectivity index is 2.27. The lowest BCUT2D eigenvalue weighted by molar-refractivity contribution is 0.338. The maximum atomic E-state index is 5.80. The second kappa shape index (κ2) is 6.72. The van der Waals surface area contributed by atoms with Crippen LogP contribution < -0.4 is 20.7 Å². The van der Waals surface area contributed by atoms with Crippen molar-refractivity contribution in [3.05, 3.63) is 36.2 Å². The number of hydrazine groups is 1. The summed E-state index contributed by atoms with van der Waals surface area (Å²) in [5, 5.41) is 0. The third kappa shape index (κ3) is 3.16. The molecular formula is C14H18N4O2. The highest BCUT2D eigenvalue weighted by molar-refractivity contribution is 5.49. The highest BCUT2D eigenvalue weighted by Gasteiger charge is 2.11. The Bertz CT molecular complexity index is 575. The van der Waals surface area contributed by atoms with Crippen LogP contribution in [0, 0.1) is 0 Å². The molecular weight excluding hydrogens is 256 g/mol. The topological polar surface area (TPSA) is 82.3 Å². The van der Waals surface area contributed by atoms with E-state index in [0.29, 0.717) is 30.5 Å². The highest BCUT2D eigenvalue weighted by atomic mass is 16.5. The lowest BCUT2D eigenvalue weighted by Crippen LogP contribution is -2.12. The Morgan fingerprint density at radius 1 is 1.20 bits per heavy atom. The fourth-order valence-corrected chi connectivity index (χ4v) is 1.83. The lowest BCUT2D eigenvalue weighted by atomic mass is 10.2. The van der Waals surface area contributed by atoms with E-state index in [0.717, 1.165) is 11.3 Å². The van der Waals surface area contributed by atoms with E-state index in [1.165, 1.54) is 6.33 Å². The van der Waals surface area contributed by atoms with Gasteiger partial charge in [0.1, 0.15) is 23.6 Å². The first kappa shape index (κ1) is 14.1. The van der Waals surface area contributed by atoms with E-state index in [-0.39, 0.29) is 0 Å². The number of hydrogen-bond donors (Lipinski definition) is 2. The first-order chi connectivity index (χ1) is 9.78. The predicted octanol–water partition coefficient (Wildman–Crippen LogP) is 2.52. The van der Waals surface area contributed by atoms with Crippen molar-refractivity contribution >= 4 is 5.82 Å². The molecule has 2 aromatic rings. The molecule has 1 heterocycles. The molecule has 0 fully saturated rings. The van der Waals surface area contributed by atoms with Gasteiger partial charge in [0.25, 0.3) is 0 Å². The Morgan fingerprint density at radius 3 is 2.70 bits per heavy atom. The molecule has 0 radical (unpaired) electrons. The molecule has 0 saturated heterocycles. The zero-order chi connectivity index (χ0) is 14.4. The minimum absolute atomic E-state index is 0.490. The zero-order valence-electron chi connectivity index (χ0n) is 11.6. The quantitative estimate of drug-likeness (QED) is 0.622. The standard InChI is InChI=1S/C14H18N4O2/c1-3-12-13(18-15)16-9-17-14(12)20-11-7-5-6-10(8-11)19-4-2/h5-9H,3-4,15H2,1-2H3,(H,16,17,18). The molecule has 20 heavy (non-hydrogen) atoms. The molecule has 0 atom stereocenters. The lowest BCUT2D eigenvalue weighted by Gasteiger charge is -2.12. The second-order valence-electron chi connectivity index (χ2n) is 4.01. The van der Waals surface area contributed by atoms with Gasteiger partial charge in [-0.3, -0.25) is 0 Å². The number of benzene rings is 1. The van der Waals surface area contributed by atoms with Crippen molar-refractivity contribution in [2.24, 2.45) is 5.84 Å². The van der Waals surface area contributed by atoms with E-state index < -0.39 is 0 Å². The molecule has 0 aliphatic carbocycles. The van der Waals surface area contributed by atoms with Crippen LogP contribution in [0.4, 0.5) is 5.82 Å². The summed E-state index contributed by atoms with van der Waals surface area (Å²) in [4.78, 5) is 8.22. The van der Waals surface area contributed by atoms with E-state index >= 15 is 0 Å². The fraction of sp³-hybridized carbons (Fsp3) is 0.286. The molecule has 3 N–H and O–H groups in total. The Hall–Kier alpha value is -2.34. The van der Waals surface area contributed by atoms with Gasteiger partial charge < -0.3 is 14.9 Å². The number of ether oxygens (including phenoxy) is 2. The Kier molecular flexibility index (Phi) is 4.73. The number of anilines is 1. The van der Waals surface area contributed by atoms with E-state index in [1.807, 2.05) is 38.1 Å².